The molecule has 0 radical (unpaired) electrons. The highest BCUT2D eigenvalue weighted by molar-refractivity contribution is 7.09. The second-order valence-corrected chi connectivity index (χ2v) is 6.97. The van der Waals surface area contributed by atoms with E-state index in [9.17, 15) is 4.79 Å². The zero-order valence-corrected chi connectivity index (χ0v) is 14.9. The Bertz CT molecular complexity index is 667. The SMILES string of the molecule is Cc1csc([C@H](C)NC(=O)N2CCN(Cc3ccccn3)CC2)n1. The first kappa shape index (κ1) is 16.9. The normalized spacial score (nSPS) is 16.8. The molecule has 24 heavy (non-hydrogen) atoms. The largest absolute Gasteiger partial charge is 0.329 e. The highest BCUT2D eigenvalue weighted by atomic mass is 32.1. The van der Waals surface area contributed by atoms with Crippen LogP contribution in [0.15, 0.2) is 29.8 Å². The number of carbonyl (C=O) groups excluding carboxylic acids is 1. The number of thiazole rings is 1. The van der Waals surface area contributed by atoms with Crippen molar-refractivity contribution in [2.45, 2.75) is 26.4 Å². The highest BCUT2D eigenvalue weighted by Gasteiger charge is 2.23. The van der Waals surface area contributed by atoms with Crippen LogP contribution in [0.1, 0.15) is 29.4 Å². The fourth-order valence-corrected chi connectivity index (χ4v) is 3.54. The van der Waals surface area contributed by atoms with Crippen molar-refractivity contribution in [3.8, 4) is 0 Å². The van der Waals surface area contributed by atoms with Crippen LogP contribution in [0.2, 0.25) is 0 Å². The molecule has 0 spiro atoms. The molecule has 1 aliphatic heterocycles. The Morgan fingerprint density at radius 2 is 2.12 bits per heavy atom. The van der Waals surface area contributed by atoms with Crippen LogP contribution in [-0.2, 0) is 6.54 Å². The molecule has 3 heterocycles. The van der Waals surface area contributed by atoms with Crippen molar-refractivity contribution in [3.05, 3.63) is 46.2 Å². The molecule has 1 atom stereocenters. The summed E-state index contributed by atoms with van der Waals surface area (Å²) in [5, 5.41) is 6.01. The average molecular weight is 345 g/mol. The van der Waals surface area contributed by atoms with E-state index in [4.69, 9.17) is 0 Å². The monoisotopic (exact) mass is 345 g/mol. The number of pyridine rings is 1. The Kier molecular flexibility index (Phi) is 5.42. The van der Waals surface area contributed by atoms with E-state index in [-0.39, 0.29) is 12.1 Å². The standard InChI is InChI=1S/C17H23N5OS/c1-13-12-24-16(19-13)14(2)20-17(23)22-9-7-21(8-10-22)11-15-5-3-4-6-18-15/h3-6,12,14H,7-11H2,1-2H3,(H,20,23)/t14-/m0/s1. The molecule has 0 bridgehead atoms. The fourth-order valence-electron chi connectivity index (χ4n) is 2.74. The van der Waals surface area contributed by atoms with Crippen molar-refractivity contribution in [2.24, 2.45) is 0 Å². The minimum Gasteiger partial charge on any atom is -0.329 e. The lowest BCUT2D eigenvalue weighted by Gasteiger charge is -2.35. The molecule has 1 aliphatic rings. The van der Waals surface area contributed by atoms with E-state index >= 15 is 0 Å². The summed E-state index contributed by atoms with van der Waals surface area (Å²) in [5.41, 5.74) is 2.07. The summed E-state index contributed by atoms with van der Waals surface area (Å²) in [6.45, 7) is 8.00. The summed E-state index contributed by atoms with van der Waals surface area (Å²) in [6, 6.07) is 5.91. The van der Waals surface area contributed by atoms with Crippen LogP contribution in [0, 0.1) is 6.92 Å². The molecular weight excluding hydrogens is 322 g/mol. The van der Waals surface area contributed by atoms with Gasteiger partial charge in [0.1, 0.15) is 5.01 Å². The van der Waals surface area contributed by atoms with E-state index in [0.717, 1.165) is 49.1 Å². The van der Waals surface area contributed by atoms with Gasteiger partial charge < -0.3 is 10.2 Å². The average Bonchev–Trinajstić information content (AvgIpc) is 3.03. The van der Waals surface area contributed by atoms with E-state index < -0.39 is 0 Å². The summed E-state index contributed by atoms with van der Waals surface area (Å²) < 4.78 is 0. The van der Waals surface area contributed by atoms with Gasteiger partial charge in [0.25, 0.3) is 0 Å². The zero-order valence-electron chi connectivity index (χ0n) is 14.1. The summed E-state index contributed by atoms with van der Waals surface area (Å²) in [4.78, 5) is 25.4. The number of carbonyl (C=O) groups is 1. The minimum absolute atomic E-state index is 0.00663. The number of hydrogen-bond donors (Lipinski definition) is 1. The van der Waals surface area contributed by atoms with E-state index in [1.54, 1.807) is 11.3 Å². The molecule has 6 nitrogen and oxygen atoms in total. The predicted octanol–water partition coefficient (Wildman–Crippen LogP) is 2.43. The molecule has 0 aliphatic carbocycles. The van der Waals surface area contributed by atoms with Gasteiger partial charge in [-0.15, -0.1) is 11.3 Å². The van der Waals surface area contributed by atoms with Gasteiger partial charge in [0.05, 0.1) is 11.7 Å². The van der Waals surface area contributed by atoms with Crippen LogP contribution < -0.4 is 5.32 Å². The van der Waals surface area contributed by atoms with Gasteiger partial charge in [0.15, 0.2) is 0 Å². The lowest BCUT2D eigenvalue weighted by molar-refractivity contribution is 0.133. The van der Waals surface area contributed by atoms with Crippen LogP contribution in [-0.4, -0.2) is 52.0 Å². The van der Waals surface area contributed by atoms with Crippen molar-refractivity contribution in [3.63, 3.8) is 0 Å². The maximum Gasteiger partial charge on any atom is 0.318 e. The molecule has 1 N–H and O–H groups in total. The third-order valence-electron chi connectivity index (χ3n) is 4.12. The first-order chi connectivity index (χ1) is 11.6. The summed E-state index contributed by atoms with van der Waals surface area (Å²) in [5.74, 6) is 0. The number of nitrogens with zero attached hydrogens (tertiary/aromatic N) is 4. The minimum atomic E-state index is -0.0530. The second kappa shape index (κ2) is 7.72. The number of hydrogen-bond acceptors (Lipinski definition) is 5. The van der Waals surface area contributed by atoms with Crippen LogP contribution in [0.3, 0.4) is 0 Å². The molecule has 2 amide bonds. The topological polar surface area (TPSA) is 61.4 Å². The Balaban J connectivity index is 1.46. The maximum atomic E-state index is 12.4. The van der Waals surface area contributed by atoms with Crippen molar-refractivity contribution >= 4 is 17.4 Å². The highest BCUT2D eigenvalue weighted by Crippen LogP contribution is 2.18. The number of piperazine rings is 1. The van der Waals surface area contributed by atoms with Gasteiger partial charge in [-0.2, -0.15) is 0 Å². The molecule has 3 rings (SSSR count). The van der Waals surface area contributed by atoms with Crippen LogP contribution in [0.25, 0.3) is 0 Å². The molecule has 0 unspecified atom stereocenters. The van der Waals surface area contributed by atoms with E-state index in [0.29, 0.717) is 0 Å². The molecule has 128 valence electrons. The van der Waals surface area contributed by atoms with Gasteiger partial charge in [0.2, 0.25) is 0 Å². The van der Waals surface area contributed by atoms with Gasteiger partial charge >= 0.3 is 6.03 Å². The van der Waals surface area contributed by atoms with Crippen molar-refractivity contribution in [2.75, 3.05) is 26.2 Å². The second-order valence-electron chi connectivity index (χ2n) is 6.08. The number of amides is 2. The van der Waals surface area contributed by atoms with Crippen molar-refractivity contribution in [1.29, 1.82) is 0 Å². The maximum absolute atomic E-state index is 12.4. The fraction of sp³-hybridized carbons (Fsp3) is 0.471. The number of aryl methyl sites for hydroxylation is 1. The molecule has 0 aromatic carbocycles. The van der Waals surface area contributed by atoms with E-state index in [1.807, 2.05) is 48.5 Å². The van der Waals surface area contributed by atoms with Gasteiger partial charge in [0, 0.05) is 50.0 Å². The number of aromatic nitrogens is 2. The molecular formula is C17H23N5OS. The Morgan fingerprint density at radius 1 is 1.33 bits per heavy atom. The smallest absolute Gasteiger partial charge is 0.318 e. The number of urea groups is 1. The van der Waals surface area contributed by atoms with Gasteiger partial charge in [-0.25, -0.2) is 9.78 Å². The summed E-state index contributed by atoms with van der Waals surface area (Å²) in [7, 11) is 0. The quantitative estimate of drug-likeness (QED) is 0.924. The molecule has 2 aromatic rings. The Morgan fingerprint density at radius 3 is 2.75 bits per heavy atom. The lowest BCUT2D eigenvalue weighted by atomic mass is 10.2. The molecule has 1 fully saturated rings. The van der Waals surface area contributed by atoms with Gasteiger partial charge in [-0.3, -0.25) is 9.88 Å². The molecule has 1 saturated heterocycles. The van der Waals surface area contributed by atoms with Gasteiger partial charge in [-0.1, -0.05) is 6.07 Å². The first-order valence-corrected chi connectivity index (χ1v) is 9.09. The third-order valence-corrected chi connectivity index (χ3v) is 5.26. The summed E-state index contributed by atoms with van der Waals surface area (Å²) >= 11 is 1.59. The zero-order chi connectivity index (χ0) is 16.9. The lowest BCUT2D eigenvalue weighted by Crippen LogP contribution is -2.51. The Labute approximate surface area is 146 Å². The van der Waals surface area contributed by atoms with Crippen LogP contribution in [0.4, 0.5) is 4.79 Å². The van der Waals surface area contributed by atoms with Crippen LogP contribution >= 0.6 is 11.3 Å². The molecule has 7 heteroatoms. The van der Waals surface area contributed by atoms with Crippen molar-refractivity contribution in [1.82, 2.24) is 25.1 Å². The van der Waals surface area contributed by atoms with E-state index in [2.05, 4.69) is 20.2 Å². The van der Waals surface area contributed by atoms with E-state index in [1.165, 1.54) is 0 Å². The predicted molar refractivity (Wildman–Crippen MR) is 94.9 cm³/mol. The number of nitrogens with one attached hydrogen (secondary N) is 1. The van der Waals surface area contributed by atoms with Gasteiger partial charge in [-0.05, 0) is 26.0 Å². The first-order valence-electron chi connectivity index (χ1n) is 8.21. The number of rotatable bonds is 4. The molecule has 2 aromatic heterocycles. The summed E-state index contributed by atoms with van der Waals surface area (Å²) in [6.07, 6.45) is 1.82. The Hall–Kier alpha value is -1.99. The third kappa shape index (κ3) is 4.30. The van der Waals surface area contributed by atoms with Crippen molar-refractivity contribution < 1.29 is 4.79 Å². The van der Waals surface area contributed by atoms with Crippen LogP contribution in [0.5, 0.6) is 0 Å². The molecule has 0 saturated carbocycles.